The van der Waals surface area contributed by atoms with Gasteiger partial charge < -0.3 is 19.7 Å². The number of furan rings is 1. The fraction of sp³-hybridized carbons (Fsp3) is 0.389. The van der Waals surface area contributed by atoms with Gasteiger partial charge in [-0.05, 0) is 36.9 Å². The van der Waals surface area contributed by atoms with Gasteiger partial charge in [-0.1, -0.05) is 6.07 Å². The smallest absolute Gasteiger partial charge is 0.287 e. The molecular formula is C18H21N3O4S. The van der Waals surface area contributed by atoms with Gasteiger partial charge in [-0.2, -0.15) is 11.8 Å². The van der Waals surface area contributed by atoms with Gasteiger partial charge in [-0.25, -0.2) is 0 Å². The van der Waals surface area contributed by atoms with E-state index in [1.165, 1.54) is 0 Å². The molecule has 1 fully saturated rings. The summed E-state index contributed by atoms with van der Waals surface area (Å²) in [6.07, 6.45) is 3.13. The topological polar surface area (TPSA) is 95.7 Å². The molecule has 0 aliphatic carbocycles. The van der Waals surface area contributed by atoms with Gasteiger partial charge >= 0.3 is 0 Å². The SMILES string of the molecule is CSCc1ccc(C(=O)N[C@@H]2CCN(C(=O)c3ccccn3)C[C@H]2O)o1. The summed E-state index contributed by atoms with van der Waals surface area (Å²) < 4.78 is 5.49. The Kier molecular flexibility index (Phi) is 5.95. The molecule has 0 aromatic carbocycles. The van der Waals surface area contributed by atoms with Crippen molar-refractivity contribution in [3.05, 3.63) is 53.7 Å². The second-order valence-electron chi connectivity index (χ2n) is 6.10. The molecule has 0 spiro atoms. The minimum Gasteiger partial charge on any atom is -0.455 e. The molecule has 2 amide bonds. The number of aromatic nitrogens is 1. The fourth-order valence-electron chi connectivity index (χ4n) is 2.90. The number of likely N-dealkylation sites (tertiary alicyclic amines) is 1. The average molecular weight is 375 g/mol. The van der Waals surface area contributed by atoms with Crippen molar-refractivity contribution in [3.63, 3.8) is 0 Å². The molecular weight excluding hydrogens is 354 g/mol. The lowest BCUT2D eigenvalue weighted by Gasteiger charge is -2.35. The van der Waals surface area contributed by atoms with E-state index in [1.54, 1.807) is 53.2 Å². The highest BCUT2D eigenvalue weighted by Gasteiger charge is 2.32. The number of thioether (sulfide) groups is 1. The maximum Gasteiger partial charge on any atom is 0.287 e. The highest BCUT2D eigenvalue weighted by Crippen LogP contribution is 2.17. The normalized spacial score (nSPS) is 20.0. The Morgan fingerprint density at radius 3 is 2.92 bits per heavy atom. The molecule has 2 N–H and O–H groups in total. The molecule has 0 saturated carbocycles. The first-order valence-corrected chi connectivity index (χ1v) is 9.74. The number of hydrogen-bond acceptors (Lipinski definition) is 6. The van der Waals surface area contributed by atoms with Crippen molar-refractivity contribution in [3.8, 4) is 0 Å². The molecule has 7 nitrogen and oxygen atoms in total. The quantitative estimate of drug-likeness (QED) is 0.823. The minimum atomic E-state index is -0.846. The van der Waals surface area contributed by atoms with Gasteiger partial charge in [0.25, 0.3) is 11.8 Å². The van der Waals surface area contributed by atoms with Crippen LogP contribution in [0.3, 0.4) is 0 Å². The molecule has 3 rings (SSSR count). The Labute approximate surface area is 155 Å². The highest BCUT2D eigenvalue weighted by molar-refractivity contribution is 7.97. The number of carbonyl (C=O) groups is 2. The van der Waals surface area contributed by atoms with Gasteiger partial charge in [0.1, 0.15) is 11.5 Å². The Balaban J connectivity index is 1.56. The number of pyridine rings is 1. The maximum atomic E-state index is 12.4. The summed E-state index contributed by atoms with van der Waals surface area (Å²) in [5, 5.41) is 13.2. The van der Waals surface area contributed by atoms with Crippen LogP contribution in [0.1, 0.15) is 33.2 Å². The molecule has 2 atom stereocenters. The van der Waals surface area contributed by atoms with E-state index in [9.17, 15) is 14.7 Å². The van der Waals surface area contributed by atoms with E-state index in [0.29, 0.717) is 24.4 Å². The summed E-state index contributed by atoms with van der Waals surface area (Å²) in [5.74, 6) is 1.09. The molecule has 1 aliphatic rings. The van der Waals surface area contributed by atoms with Crippen molar-refractivity contribution < 1.29 is 19.1 Å². The lowest BCUT2D eigenvalue weighted by Crippen LogP contribution is -2.55. The number of hydrogen-bond donors (Lipinski definition) is 2. The first kappa shape index (κ1) is 18.5. The molecule has 0 radical (unpaired) electrons. The highest BCUT2D eigenvalue weighted by atomic mass is 32.2. The van der Waals surface area contributed by atoms with Crippen LogP contribution in [0.4, 0.5) is 0 Å². The summed E-state index contributed by atoms with van der Waals surface area (Å²) in [4.78, 5) is 30.3. The molecule has 26 heavy (non-hydrogen) atoms. The third kappa shape index (κ3) is 4.25. The largest absolute Gasteiger partial charge is 0.455 e. The predicted molar refractivity (Wildman–Crippen MR) is 97.9 cm³/mol. The number of amides is 2. The first-order chi connectivity index (χ1) is 12.6. The average Bonchev–Trinajstić information content (AvgIpc) is 3.12. The van der Waals surface area contributed by atoms with Crippen LogP contribution < -0.4 is 5.32 Å². The molecule has 8 heteroatoms. The molecule has 3 heterocycles. The van der Waals surface area contributed by atoms with Crippen molar-refractivity contribution in [1.82, 2.24) is 15.2 Å². The van der Waals surface area contributed by atoms with Crippen molar-refractivity contribution in [1.29, 1.82) is 0 Å². The lowest BCUT2D eigenvalue weighted by molar-refractivity contribution is 0.0307. The van der Waals surface area contributed by atoms with Crippen LogP contribution >= 0.6 is 11.8 Å². The number of nitrogens with zero attached hydrogens (tertiary/aromatic N) is 2. The number of aliphatic hydroxyl groups excluding tert-OH is 1. The molecule has 0 unspecified atom stereocenters. The third-order valence-electron chi connectivity index (χ3n) is 4.24. The molecule has 2 aromatic rings. The van der Waals surface area contributed by atoms with Crippen LogP contribution in [0.15, 0.2) is 40.9 Å². The zero-order chi connectivity index (χ0) is 18.5. The van der Waals surface area contributed by atoms with Gasteiger partial charge in [-0.15, -0.1) is 0 Å². The van der Waals surface area contributed by atoms with Gasteiger partial charge in [0.05, 0.1) is 17.9 Å². The van der Waals surface area contributed by atoms with Crippen LogP contribution in [0.25, 0.3) is 0 Å². The number of carbonyl (C=O) groups excluding carboxylic acids is 2. The Morgan fingerprint density at radius 2 is 2.23 bits per heavy atom. The van der Waals surface area contributed by atoms with E-state index < -0.39 is 12.1 Å². The van der Waals surface area contributed by atoms with E-state index in [0.717, 1.165) is 5.76 Å². The number of aliphatic hydroxyl groups is 1. The van der Waals surface area contributed by atoms with E-state index in [-0.39, 0.29) is 24.1 Å². The van der Waals surface area contributed by atoms with E-state index in [2.05, 4.69) is 10.3 Å². The maximum absolute atomic E-state index is 12.4. The summed E-state index contributed by atoms with van der Waals surface area (Å²) in [6, 6.07) is 8.11. The van der Waals surface area contributed by atoms with Crippen molar-refractivity contribution in [2.45, 2.75) is 24.3 Å². The second kappa shape index (κ2) is 8.37. The summed E-state index contributed by atoms with van der Waals surface area (Å²) in [6.45, 7) is 0.587. The zero-order valence-electron chi connectivity index (χ0n) is 14.4. The summed E-state index contributed by atoms with van der Waals surface area (Å²) >= 11 is 1.61. The van der Waals surface area contributed by atoms with E-state index >= 15 is 0 Å². The van der Waals surface area contributed by atoms with E-state index in [1.807, 2.05) is 6.26 Å². The lowest BCUT2D eigenvalue weighted by atomic mass is 10.0. The van der Waals surface area contributed by atoms with Crippen LogP contribution in [0, 0.1) is 0 Å². The van der Waals surface area contributed by atoms with Gasteiger partial charge in [0, 0.05) is 19.3 Å². The Hall–Kier alpha value is -2.32. The van der Waals surface area contributed by atoms with Crippen molar-refractivity contribution >= 4 is 23.6 Å². The standard InChI is InChI=1S/C18H21N3O4S/c1-26-11-12-5-6-16(25-12)17(23)20-13-7-9-21(10-15(13)22)18(24)14-4-2-3-8-19-14/h2-6,8,13,15,22H,7,9-11H2,1H3,(H,20,23)/t13-,15-/m1/s1. The number of rotatable bonds is 5. The van der Waals surface area contributed by atoms with Crippen LogP contribution in [-0.2, 0) is 5.75 Å². The number of β-amino-alcohol motifs (C(OH)–C–C–N with tert-alkyl or cyclic N) is 1. The second-order valence-corrected chi connectivity index (χ2v) is 6.97. The van der Waals surface area contributed by atoms with Gasteiger partial charge in [-0.3, -0.25) is 14.6 Å². The summed E-state index contributed by atoms with van der Waals surface area (Å²) in [5.41, 5.74) is 0.346. The molecule has 138 valence electrons. The van der Waals surface area contributed by atoms with Gasteiger partial charge in [0.15, 0.2) is 5.76 Å². The molecule has 0 bridgehead atoms. The van der Waals surface area contributed by atoms with Crippen molar-refractivity contribution in [2.75, 3.05) is 19.3 Å². The molecule has 1 aliphatic heterocycles. The summed E-state index contributed by atoms with van der Waals surface area (Å²) in [7, 11) is 0. The Morgan fingerprint density at radius 1 is 1.38 bits per heavy atom. The van der Waals surface area contributed by atoms with Crippen LogP contribution in [0.5, 0.6) is 0 Å². The van der Waals surface area contributed by atoms with Crippen molar-refractivity contribution in [2.24, 2.45) is 0 Å². The zero-order valence-corrected chi connectivity index (χ0v) is 15.2. The minimum absolute atomic E-state index is 0.149. The number of piperidine rings is 1. The Bertz CT molecular complexity index is 765. The predicted octanol–water partition coefficient (Wildman–Crippen LogP) is 1.54. The van der Waals surface area contributed by atoms with Gasteiger partial charge in [0.2, 0.25) is 0 Å². The third-order valence-corrected chi connectivity index (χ3v) is 4.81. The fourth-order valence-corrected chi connectivity index (χ4v) is 3.33. The molecule has 1 saturated heterocycles. The number of nitrogens with one attached hydrogen (secondary N) is 1. The van der Waals surface area contributed by atoms with Crippen LogP contribution in [-0.4, -0.2) is 58.3 Å². The first-order valence-electron chi connectivity index (χ1n) is 8.35. The van der Waals surface area contributed by atoms with Crippen LogP contribution in [0.2, 0.25) is 0 Å². The van der Waals surface area contributed by atoms with E-state index in [4.69, 9.17) is 4.42 Å². The monoisotopic (exact) mass is 375 g/mol. The molecule has 2 aromatic heterocycles.